The number of hydrogen-bond acceptors (Lipinski definition) is 4. The van der Waals surface area contributed by atoms with Gasteiger partial charge in [-0.1, -0.05) is 18.8 Å². The molecule has 0 aromatic carbocycles. The standard InChI is InChI=1S/C16H23NO5.C2H3F3/c1-2-22-16(21)13-10-12(13)8-6-4-3-5-7-9-14(15(19)20)17-11-18;1-2(3,4)5/h11-14H,2-5,7,9-10H2,1H3,(H,17,18)(H,19,20);1H3. The predicted molar refractivity (Wildman–Crippen MR) is 91.4 cm³/mol. The molecule has 9 heteroatoms. The van der Waals surface area contributed by atoms with Crippen LogP contribution in [0.5, 0.6) is 0 Å². The number of nitrogens with one attached hydrogen (secondary N) is 1. The van der Waals surface area contributed by atoms with E-state index in [9.17, 15) is 27.6 Å². The second-order valence-electron chi connectivity index (χ2n) is 6.08. The SMILES string of the molecule is CC(F)(F)F.CCOC(=O)C1CC1C#CCCCCCC(NC=O)C(=O)O. The van der Waals surface area contributed by atoms with Crippen LogP contribution < -0.4 is 5.32 Å². The number of halogens is 3. The number of aliphatic carboxylic acids is 1. The van der Waals surface area contributed by atoms with E-state index in [1.165, 1.54) is 0 Å². The Hall–Kier alpha value is -2.24. The smallest absolute Gasteiger partial charge is 0.386 e. The van der Waals surface area contributed by atoms with E-state index < -0.39 is 18.2 Å². The number of carbonyl (C=O) groups is 3. The quantitative estimate of drug-likeness (QED) is 0.258. The van der Waals surface area contributed by atoms with Crippen LogP contribution in [-0.2, 0) is 19.1 Å². The summed E-state index contributed by atoms with van der Waals surface area (Å²) in [4.78, 5) is 32.4. The molecule has 3 atom stereocenters. The van der Waals surface area contributed by atoms with Gasteiger partial charge in [-0.3, -0.25) is 9.59 Å². The Morgan fingerprint density at radius 2 is 1.96 bits per heavy atom. The summed E-state index contributed by atoms with van der Waals surface area (Å²) in [5.41, 5.74) is 0. The van der Waals surface area contributed by atoms with Crippen molar-refractivity contribution in [2.24, 2.45) is 11.8 Å². The molecule has 1 amide bonds. The fraction of sp³-hybridized carbons (Fsp3) is 0.722. The molecule has 1 aliphatic carbocycles. The molecular formula is C18H26F3NO5. The van der Waals surface area contributed by atoms with Crippen LogP contribution in [0.25, 0.3) is 0 Å². The molecular weight excluding hydrogens is 367 g/mol. The van der Waals surface area contributed by atoms with Crippen LogP contribution in [0.15, 0.2) is 0 Å². The van der Waals surface area contributed by atoms with Crippen LogP contribution >= 0.6 is 0 Å². The molecule has 0 aromatic rings. The van der Waals surface area contributed by atoms with Gasteiger partial charge in [-0.25, -0.2) is 4.79 Å². The Balaban J connectivity index is 0.00000119. The average molecular weight is 393 g/mol. The molecule has 0 bridgehead atoms. The number of unbranched alkanes of at least 4 members (excludes halogenated alkanes) is 3. The first kappa shape index (κ1) is 24.8. The average Bonchev–Trinajstić information content (AvgIpc) is 3.31. The zero-order chi connectivity index (χ0) is 20.9. The lowest BCUT2D eigenvalue weighted by molar-refractivity contribution is -0.145. The van der Waals surface area contributed by atoms with E-state index in [1.807, 2.05) is 0 Å². The third-order valence-corrected chi connectivity index (χ3v) is 3.53. The molecule has 0 aliphatic heterocycles. The summed E-state index contributed by atoms with van der Waals surface area (Å²) in [5, 5.41) is 11.1. The van der Waals surface area contributed by atoms with Crippen LogP contribution in [0.3, 0.4) is 0 Å². The van der Waals surface area contributed by atoms with E-state index in [-0.39, 0.29) is 24.7 Å². The molecule has 1 saturated carbocycles. The van der Waals surface area contributed by atoms with Gasteiger partial charge in [0.05, 0.1) is 12.5 Å². The maximum absolute atomic E-state index is 11.4. The van der Waals surface area contributed by atoms with Crippen molar-refractivity contribution in [2.75, 3.05) is 6.61 Å². The number of alkyl halides is 3. The summed E-state index contributed by atoms with van der Waals surface area (Å²) >= 11 is 0. The van der Waals surface area contributed by atoms with Crippen molar-refractivity contribution in [3.8, 4) is 11.8 Å². The highest BCUT2D eigenvalue weighted by molar-refractivity contribution is 5.76. The van der Waals surface area contributed by atoms with Gasteiger partial charge in [-0.15, -0.1) is 5.92 Å². The molecule has 0 spiro atoms. The molecule has 0 saturated heterocycles. The number of ether oxygens (including phenoxy) is 1. The first-order chi connectivity index (χ1) is 12.6. The van der Waals surface area contributed by atoms with Gasteiger partial charge in [0.25, 0.3) is 0 Å². The van der Waals surface area contributed by atoms with Crippen molar-refractivity contribution in [3.05, 3.63) is 0 Å². The van der Waals surface area contributed by atoms with Crippen LogP contribution in [-0.4, -0.2) is 42.3 Å². The normalized spacial score (nSPS) is 18.7. The van der Waals surface area contributed by atoms with Crippen molar-refractivity contribution in [1.82, 2.24) is 5.32 Å². The van der Waals surface area contributed by atoms with Crippen LogP contribution in [0, 0.1) is 23.7 Å². The maximum atomic E-state index is 11.4. The Morgan fingerprint density at radius 1 is 1.33 bits per heavy atom. The molecule has 0 aromatic heterocycles. The minimum absolute atomic E-state index is 0.0433. The molecule has 1 rings (SSSR count). The van der Waals surface area contributed by atoms with Gasteiger partial charge in [0.15, 0.2) is 0 Å². The second kappa shape index (κ2) is 13.0. The number of esters is 1. The van der Waals surface area contributed by atoms with Crippen molar-refractivity contribution in [1.29, 1.82) is 0 Å². The van der Waals surface area contributed by atoms with Crippen LogP contribution in [0.4, 0.5) is 13.2 Å². The summed E-state index contributed by atoms with van der Waals surface area (Å²) in [5.74, 6) is 5.09. The number of rotatable bonds is 10. The first-order valence-electron chi connectivity index (χ1n) is 8.74. The monoisotopic (exact) mass is 393 g/mol. The molecule has 0 radical (unpaired) electrons. The minimum Gasteiger partial charge on any atom is -0.480 e. The highest BCUT2D eigenvalue weighted by Crippen LogP contribution is 2.38. The van der Waals surface area contributed by atoms with Crippen molar-refractivity contribution in [3.63, 3.8) is 0 Å². The highest BCUT2D eigenvalue weighted by Gasteiger charge is 2.43. The maximum Gasteiger partial charge on any atom is 0.386 e. The highest BCUT2D eigenvalue weighted by atomic mass is 19.4. The van der Waals surface area contributed by atoms with Gasteiger partial charge in [0, 0.05) is 19.3 Å². The molecule has 0 heterocycles. The third kappa shape index (κ3) is 14.6. The molecule has 27 heavy (non-hydrogen) atoms. The second-order valence-corrected chi connectivity index (χ2v) is 6.08. The lowest BCUT2D eigenvalue weighted by Gasteiger charge is -2.09. The molecule has 1 aliphatic rings. The number of carbonyl (C=O) groups excluding carboxylic acids is 2. The number of carboxylic acid groups (broad SMARTS) is 1. The van der Waals surface area contributed by atoms with E-state index in [4.69, 9.17) is 9.84 Å². The fourth-order valence-electron chi connectivity index (χ4n) is 2.17. The van der Waals surface area contributed by atoms with Crippen molar-refractivity contribution >= 4 is 18.3 Å². The minimum atomic E-state index is -4.00. The van der Waals surface area contributed by atoms with Crippen molar-refractivity contribution < 1.29 is 37.4 Å². The Morgan fingerprint density at radius 3 is 2.48 bits per heavy atom. The Bertz CT molecular complexity index is 533. The van der Waals surface area contributed by atoms with Crippen LogP contribution in [0.2, 0.25) is 0 Å². The molecule has 2 N–H and O–H groups in total. The van der Waals surface area contributed by atoms with Gasteiger partial charge in [-0.05, 0) is 26.2 Å². The zero-order valence-corrected chi connectivity index (χ0v) is 15.5. The van der Waals surface area contributed by atoms with Crippen molar-refractivity contribution in [2.45, 2.75) is 64.6 Å². The third-order valence-electron chi connectivity index (χ3n) is 3.53. The summed E-state index contributed by atoms with van der Waals surface area (Å²) in [6.45, 7) is 2.39. The predicted octanol–water partition coefficient (Wildman–Crippen LogP) is 2.91. The summed E-state index contributed by atoms with van der Waals surface area (Å²) in [6, 6.07) is -0.805. The van der Waals surface area contributed by atoms with Gasteiger partial charge in [-0.2, -0.15) is 13.2 Å². The molecule has 3 unspecified atom stereocenters. The van der Waals surface area contributed by atoms with Gasteiger partial charge < -0.3 is 15.2 Å². The molecule has 154 valence electrons. The van der Waals surface area contributed by atoms with Crippen LogP contribution in [0.1, 0.15) is 52.4 Å². The van der Waals surface area contributed by atoms with E-state index in [0.29, 0.717) is 19.4 Å². The number of carboxylic acids is 1. The molecule has 1 fully saturated rings. The lowest BCUT2D eigenvalue weighted by atomic mass is 10.1. The van der Waals surface area contributed by atoms with Gasteiger partial charge in [0.1, 0.15) is 6.04 Å². The zero-order valence-electron chi connectivity index (χ0n) is 15.5. The Labute approximate surface area is 156 Å². The molecule has 6 nitrogen and oxygen atoms in total. The van der Waals surface area contributed by atoms with E-state index in [1.54, 1.807) is 6.92 Å². The largest absolute Gasteiger partial charge is 0.480 e. The van der Waals surface area contributed by atoms with Gasteiger partial charge >= 0.3 is 18.1 Å². The van der Waals surface area contributed by atoms with E-state index >= 15 is 0 Å². The van der Waals surface area contributed by atoms with E-state index in [0.717, 1.165) is 32.1 Å². The summed E-state index contributed by atoms with van der Waals surface area (Å²) in [7, 11) is 0. The topological polar surface area (TPSA) is 92.7 Å². The number of amides is 1. The van der Waals surface area contributed by atoms with E-state index in [2.05, 4.69) is 17.2 Å². The summed E-state index contributed by atoms with van der Waals surface area (Å²) < 4.78 is 36.0. The lowest BCUT2D eigenvalue weighted by Crippen LogP contribution is -2.35. The fourth-order valence-corrected chi connectivity index (χ4v) is 2.17. The summed E-state index contributed by atoms with van der Waals surface area (Å²) in [6.07, 6.45) is 0.861. The first-order valence-corrected chi connectivity index (χ1v) is 8.74. The van der Waals surface area contributed by atoms with Gasteiger partial charge in [0.2, 0.25) is 6.41 Å². The Kier molecular flexibility index (Phi) is 11.9. The number of hydrogen-bond donors (Lipinski definition) is 2.